The van der Waals surface area contributed by atoms with Gasteiger partial charge in [0.1, 0.15) is 12.4 Å². The van der Waals surface area contributed by atoms with Crippen molar-refractivity contribution in [3.63, 3.8) is 0 Å². The Balaban J connectivity index is 0.00000341. The van der Waals surface area contributed by atoms with E-state index in [9.17, 15) is 0 Å². The zero-order chi connectivity index (χ0) is 21.3. The molecule has 172 valence electrons. The van der Waals surface area contributed by atoms with Crippen molar-refractivity contribution in [3.8, 4) is 0 Å². The molecule has 3 rings (SSSR count). The maximum absolute atomic E-state index is 5.42. The number of hydrogen-bond acceptors (Lipinski definition) is 5. The number of nitrogens with zero attached hydrogens (tertiary/aromatic N) is 5. The molecule has 8 nitrogen and oxygen atoms in total. The standard InChI is InChI=1S/C22H35N7O.HI/c1-17-26-27-21(29(17)3)15-24-22(25-20(16-30-4)18-11-12-18)23-13-8-14-28(2)19-9-6-5-7-10-19;/h5-7,9-10,18,20H,8,11-16H2,1-4H3,(H2,23,24,25);1H. The van der Waals surface area contributed by atoms with Crippen LogP contribution >= 0.6 is 24.0 Å². The van der Waals surface area contributed by atoms with E-state index in [2.05, 4.69) is 57.0 Å². The van der Waals surface area contributed by atoms with E-state index in [-0.39, 0.29) is 30.0 Å². The number of anilines is 1. The third-order valence-electron chi connectivity index (χ3n) is 5.58. The molecule has 1 aromatic heterocycles. The predicted octanol–water partition coefficient (Wildman–Crippen LogP) is 2.73. The van der Waals surface area contributed by atoms with E-state index in [1.165, 1.54) is 18.5 Å². The van der Waals surface area contributed by atoms with E-state index in [0.717, 1.165) is 37.1 Å². The Morgan fingerprint density at radius 2 is 2.03 bits per heavy atom. The minimum Gasteiger partial charge on any atom is -0.383 e. The van der Waals surface area contributed by atoms with Crippen LogP contribution in [0.15, 0.2) is 35.3 Å². The minimum atomic E-state index is 0. The van der Waals surface area contributed by atoms with Crippen LogP contribution in [0.4, 0.5) is 5.69 Å². The lowest BCUT2D eigenvalue weighted by molar-refractivity contribution is 0.165. The second kappa shape index (κ2) is 12.8. The van der Waals surface area contributed by atoms with Crippen molar-refractivity contribution >= 4 is 35.6 Å². The molecule has 0 bridgehead atoms. The largest absolute Gasteiger partial charge is 0.383 e. The first-order valence-corrected chi connectivity index (χ1v) is 10.7. The third-order valence-corrected chi connectivity index (χ3v) is 5.58. The van der Waals surface area contributed by atoms with E-state index >= 15 is 0 Å². The van der Waals surface area contributed by atoms with Crippen molar-refractivity contribution in [3.05, 3.63) is 42.0 Å². The predicted molar refractivity (Wildman–Crippen MR) is 136 cm³/mol. The summed E-state index contributed by atoms with van der Waals surface area (Å²) in [6.07, 6.45) is 3.50. The molecular formula is C22H36IN7O. The van der Waals surface area contributed by atoms with Crippen LogP contribution < -0.4 is 15.5 Å². The topological polar surface area (TPSA) is 79.6 Å². The number of guanidine groups is 1. The highest BCUT2D eigenvalue weighted by Crippen LogP contribution is 2.32. The van der Waals surface area contributed by atoms with Gasteiger partial charge in [0.25, 0.3) is 0 Å². The van der Waals surface area contributed by atoms with Gasteiger partial charge in [0, 0.05) is 40.0 Å². The molecule has 1 unspecified atom stereocenters. The number of aliphatic imine (C=N–C) groups is 1. The average Bonchev–Trinajstić information content (AvgIpc) is 3.56. The van der Waals surface area contributed by atoms with E-state index in [0.29, 0.717) is 19.1 Å². The Kier molecular flexibility index (Phi) is 10.5. The smallest absolute Gasteiger partial charge is 0.192 e. The highest BCUT2D eigenvalue weighted by Gasteiger charge is 2.31. The van der Waals surface area contributed by atoms with Crippen LogP contribution in [-0.2, 0) is 18.3 Å². The van der Waals surface area contributed by atoms with E-state index in [1.54, 1.807) is 7.11 Å². The van der Waals surface area contributed by atoms with Crippen LogP contribution in [0.1, 0.15) is 30.9 Å². The molecular weight excluding hydrogens is 505 g/mol. The summed E-state index contributed by atoms with van der Waals surface area (Å²) in [5, 5.41) is 15.4. The van der Waals surface area contributed by atoms with E-state index in [1.807, 2.05) is 24.6 Å². The summed E-state index contributed by atoms with van der Waals surface area (Å²) in [4.78, 5) is 7.05. The molecule has 2 aromatic rings. The number of nitrogens with one attached hydrogen (secondary N) is 2. The van der Waals surface area contributed by atoms with Crippen molar-refractivity contribution in [1.29, 1.82) is 0 Å². The molecule has 2 N–H and O–H groups in total. The maximum Gasteiger partial charge on any atom is 0.192 e. The fraction of sp³-hybridized carbons (Fsp3) is 0.591. The van der Waals surface area contributed by atoms with Gasteiger partial charge in [-0.1, -0.05) is 18.2 Å². The molecule has 0 saturated heterocycles. The minimum absolute atomic E-state index is 0. The monoisotopic (exact) mass is 541 g/mol. The van der Waals surface area contributed by atoms with Crippen LogP contribution in [-0.4, -0.2) is 60.6 Å². The number of rotatable bonds is 11. The van der Waals surface area contributed by atoms with Crippen LogP contribution in [0.3, 0.4) is 0 Å². The average molecular weight is 541 g/mol. The van der Waals surface area contributed by atoms with Crippen molar-refractivity contribution in [2.45, 2.75) is 38.8 Å². The zero-order valence-electron chi connectivity index (χ0n) is 19.0. The highest BCUT2D eigenvalue weighted by atomic mass is 127. The van der Waals surface area contributed by atoms with Crippen LogP contribution in [0, 0.1) is 12.8 Å². The number of halogens is 1. The molecule has 0 radical (unpaired) electrons. The lowest BCUT2D eigenvalue weighted by Crippen LogP contribution is -2.47. The fourth-order valence-corrected chi connectivity index (χ4v) is 3.38. The van der Waals surface area contributed by atoms with Gasteiger partial charge >= 0.3 is 0 Å². The molecule has 0 amide bonds. The lowest BCUT2D eigenvalue weighted by atomic mass is 10.2. The zero-order valence-corrected chi connectivity index (χ0v) is 21.4. The first kappa shape index (κ1) is 25.4. The van der Waals surface area contributed by atoms with Gasteiger partial charge in [-0.15, -0.1) is 34.2 Å². The quantitative estimate of drug-likeness (QED) is 0.197. The molecule has 1 fully saturated rings. The number of methoxy groups -OCH3 is 1. The van der Waals surface area contributed by atoms with Crippen LogP contribution in [0.5, 0.6) is 0 Å². The molecule has 1 aliphatic carbocycles. The van der Waals surface area contributed by atoms with Gasteiger partial charge in [0.05, 0.1) is 12.6 Å². The van der Waals surface area contributed by atoms with Gasteiger partial charge in [-0.2, -0.15) is 0 Å². The Morgan fingerprint density at radius 3 is 2.65 bits per heavy atom. The first-order valence-electron chi connectivity index (χ1n) is 10.7. The summed E-state index contributed by atoms with van der Waals surface area (Å²) >= 11 is 0. The number of ether oxygens (including phenoxy) is 1. The van der Waals surface area contributed by atoms with Crippen molar-refractivity contribution in [2.24, 2.45) is 18.0 Å². The number of benzene rings is 1. The van der Waals surface area contributed by atoms with Crippen molar-refractivity contribution in [1.82, 2.24) is 25.4 Å². The molecule has 1 aromatic carbocycles. The summed E-state index contributed by atoms with van der Waals surface area (Å²) in [6, 6.07) is 10.7. The molecule has 1 heterocycles. The molecule has 0 aliphatic heterocycles. The number of aryl methyl sites for hydroxylation is 1. The SMILES string of the molecule is COCC(NC(=NCc1nnc(C)n1C)NCCCN(C)c1ccccc1)C1CC1.I. The molecule has 31 heavy (non-hydrogen) atoms. The van der Waals surface area contributed by atoms with E-state index < -0.39 is 0 Å². The van der Waals surface area contributed by atoms with Gasteiger partial charge < -0.3 is 24.8 Å². The maximum atomic E-state index is 5.42. The van der Waals surface area contributed by atoms with Gasteiger partial charge in [-0.25, -0.2) is 4.99 Å². The number of hydrogen-bond donors (Lipinski definition) is 2. The summed E-state index contributed by atoms with van der Waals surface area (Å²) in [6.45, 7) is 4.93. The first-order chi connectivity index (χ1) is 14.6. The van der Waals surface area contributed by atoms with Crippen molar-refractivity contribution in [2.75, 3.05) is 38.8 Å². The summed E-state index contributed by atoms with van der Waals surface area (Å²) < 4.78 is 7.39. The Bertz CT molecular complexity index is 807. The van der Waals surface area contributed by atoms with Gasteiger partial charge in [0.2, 0.25) is 0 Å². The Morgan fingerprint density at radius 1 is 1.29 bits per heavy atom. The fourth-order valence-electron chi connectivity index (χ4n) is 3.38. The second-order valence-corrected chi connectivity index (χ2v) is 7.97. The summed E-state index contributed by atoms with van der Waals surface area (Å²) in [5.74, 6) is 3.22. The van der Waals surface area contributed by atoms with Gasteiger partial charge in [0.15, 0.2) is 11.8 Å². The third kappa shape index (κ3) is 7.95. The van der Waals surface area contributed by atoms with Crippen molar-refractivity contribution < 1.29 is 4.74 Å². The summed E-state index contributed by atoms with van der Waals surface area (Å²) in [5.41, 5.74) is 1.23. The van der Waals surface area contributed by atoms with Gasteiger partial charge in [-0.05, 0) is 44.2 Å². The van der Waals surface area contributed by atoms with Gasteiger partial charge in [-0.3, -0.25) is 0 Å². The lowest BCUT2D eigenvalue weighted by Gasteiger charge is -2.22. The number of aromatic nitrogens is 3. The molecule has 9 heteroatoms. The van der Waals surface area contributed by atoms with E-state index in [4.69, 9.17) is 9.73 Å². The Labute approximate surface area is 202 Å². The highest BCUT2D eigenvalue weighted by molar-refractivity contribution is 14.0. The molecule has 1 atom stereocenters. The molecule has 1 aliphatic rings. The Hall–Kier alpha value is -1.88. The van der Waals surface area contributed by atoms with Crippen LogP contribution in [0.25, 0.3) is 0 Å². The molecule has 1 saturated carbocycles. The summed E-state index contributed by atoms with van der Waals surface area (Å²) in [7, 11) is 5.85. The normalized spacial score (nSPS) is 14.6. The molecule has 0 spiro atoms. The number of para-hydroxylation sites is 1. The van der Waals surface area contributed by atoms with Crippen LogP contribution in [0.2, 0.25) is 0 Å². The second-order valence-electron chi connectivity index (χ2n) is 7.97.